The molecule has 0 aromatic heterocycles. The van der Waals surface area contributed by atoms with Gasteiger partial charge in [0.2, 0.25) is 5.91 Å². The minimum absolute atomic E-state index is 0.215. The summed E-state index contributed by atoms with van der Waals surface area (Å²) in [5.41, 5.74) is 2.38. The number of hydrogen-bond acceptors (Lipinski definition) is 7. The highest BCUT2D eigenvalue weighted by Gasteiger charge is 2.37. The van der Waals surface area contributed by atoms with E-state index in [9.17, 15) is 19.2 Å². The second-order valence-electron chi connectivity index (χ2n) is 8.47. The molecule has 10 heteroatoms. The molecule has 0 spiro atoms. The molecule has 4 amide bonds. The van der Waals surface area contributed by atoms with Gasteiger partial charge < -0.3 is 19.7 Å². The molecule has 0 unspecified atom stereocenters. The molecule has 2 fully saturated rings. The molecule has 36 heavy (non-hydrogen) atoms. The Morgan fingerprint density at radius 2 is 1.78 bits per heavy atom. The average molecular weight is 510 g/mol. The number of imide groups is 1. The van der Waals surface area contributed by atoms with Crippen molar-refractivity contribution in [3.63, 3.8) is 0 Å². The number of rotatable bonds is 8. The predicted molar refractivity (Wildman–Crippen MR) is 137 cm³/mol. The van der Waals surface area contributed by atoms with Gasteiger partial charge in [-0.25, -0.2) is 0 Å². The standard InChI is InChI=1S/C26H27N3O6S/c1-17-5-8-19(9-6-17)27-23(30)16-35-20-10-7-18(13-21(20)34-2)14-22-25(32)29(26(33)36-22)15-24(31)28-11-3-4-12-28/h5-10,13-14H,3-4,11-12,15-16H2,1-2H3,(H,27,30)/b22-14+. The molecule has 2 aliphatic rings. The van der Waals surface area contributed by atoms with Gasteiger partial charge in [0.1, 0.15) is 6.54 Å². The Kier molecular flexibility index (Phi) is 7.94. The van der Waals surface area contributed by atoms with E-state index in [0.29, 0.717) is 35.8 Å². The fraction of sp³-hybridized carbons (Fsp3) is 0.308. The van der Waals surface area contributed by atoms with E-state index in [1.807, 2.05) is 31.2 Å². The third-order valence-corrected chi connectivity index (χ3v) is 6.71. The molecule has 2 aromatic carbocycles. The summed E-state index contributed by atoms with van der Waals surface area (Å²) in [6, 6.07) is 12.4. The highest BCUT2D eigenvalue weighted by atomic mass is 32.2. The monoisotopic (exact) mass is 509 g/mol. The van der Waals surface area contributed by atoms with E-state index in [-0.39, 0.29) is 29.9 Å². The third kappa shape index (κ3) is 6.06. The molecule has 0 bridgehead atoms. The summed E-state index contributed by atoms with van der Waals surface area (Å²) in [6.07, 6.45) is 3.45. The minimum atomic E-state index is -0.496. The van der Waals surface area contributed by atoms with Gasteiger partial charge in [-0.05, 0) is 67.4 Å². The highest BCUT2D eigenvalue weighted by Crippen LogP contribution is 2.34. The van der Waals surface area contributed by atoms with Crippen molar-refractivity contribution in [3.05, 3.63) is 58.5 Å². The third-order valence-electron chi connectivity index (χ3n) is 5.81. The van der Waals surface area contributed by atoms with E-state index in [1.54, 1.807) is 29.2 Å². The zero-order chi connectivity index (χ0) is 25.7. The van der Waals surface area contributed by atoms with E-state index in [1.165, 1.54) is 7.11 Å². The first-order chi connectivity index (χ1) is 17.3. The van der Waals surface area contributed by atoms with Gasteiger partial charge >= 0.3 is 0 Å². The first-order valence-corrected chi connectivity index (χ1v) is 12.4. The summed E-state index contributed by atoms with van der Waals surface area (Å²) >= 11 is 0.798. The van der Waals surface area contributed by atoms with Crippen molar-refractivity contribution in [3.8, 4) is 11.5 Å². The molecule has 0 aliphatic carbocycles. The second-order valence-corrected chi connectivity index (χ2v) is 9.46. The molecule has 2 aromatic rings. The molecule has 2 saturated heterocycles. The van der Waals surface area contributed by atoms with E-state index < -0.39 is 11.1 Å². The van der Waals surface area contributed by atoms with Crippen molar-refractivity contribution in [1.29, 1.82) is 0 Å². The van der Waals surface area contributed by atoms with Gasteiger partial charge in [0.15, 0.2) is 18.1 Å². The lowest BCUT2D eigenvalue weighted by molar-refractivity contribution is -0.135. The maximum atomic E-state index is 12.8. The van der Waals surface area contributed by atoms with E-state index in [4.69, 9.17) is 9.47 Å². The number of amides is 4. The number of methoxy groups -OCH3 is 1. The Balaban J connectivity index is 1.38. The summed E-state index contributed by atoms with van der Waals surface area (Å²) in [5.74, 6) is -0.300. The van der Waals surface area contributed by atoms with Crippen LogP contribution in [0.15, 0.2) is 47.4 Å². The van der Waals surface area contributed by atoms with Crippen LogP contribution in [-0.2, 0) is 14.4 Å². The molecule has 1 N–H and O–H groups in total. The Labute approximate surface area is 213 Å². The van der Waals surface area contributed by atoms with Crippen LogP contribution in [0.3, 0.4) is 0 Å². The van der Waals surface area contributed by atoms with Crippen LogP contribution in [0.2, 0.25) is 0 Å². The topological polar surface area (TPSA) is 105 Å². The summed E-state index contributed by atoms with van der Waals surface area (Å²) in [4.78, 5) is 52.7. The number of aryl methyl sites for hydroxylation is 1. The molecular formula is C26H27N3O6S. The lowest BCUT2D eigenvalue weighted by atomic mass is 10.2. The van der Waals surface area contributed by atoms with E-state index in [2.05, 4.69) is 5.32 Å². The van der Waals surface area contributed by atoms with Crippen LogP contribution in [0.4, 0.5) is 10.5 Å². The van der Waals surface area contributed by atoms with Crippen LogP contribution in [0.5, 0.6) is 11.5 Å². The van der Waals surface area contributed by atoms with E-state index >= 15 is 0 Å². The largest absolute Gasteiger partial charge is 0.493 e. The lowest BCUT2D eigenvalue weighted by Crippen LogP contribution is -2.40. The van der Waals surface area contributed by atoms with Gasteiger partial charge in [-0.15, -0.1) is 0 Å². The molecule has 2 aliphatic heterocycles. The number of ether oxygens (including phenoxy) is 2. The van der Waals surface area contributed by atoms with Gasteiger partial charge in [-0.1, -0.05) is 23.8 Å². The Bertz CT molecular complexity index is 1200. The SMILES string of the molecule is COc1cc(/C=C2/SC(=O)N(CC(=O)N3CCCC3)C2=O)ccc1OCC(=O)Nc1ccc(C)cc1. The first-order valence-electron chi connectivity index (χ1n) is 11.5. The number of carbonyl (C=O) groups is 4. The van der Waals surface area contributed by atoms with Gasteiger partial charge in [-0.2, -0.15) is 0 Å². The highest BCUT2D eigenvalue weighted by molar-refractivity contribution is 8.18. The molecular weight excluding hydrogens is 482 g/mol. The van der Waals surface area contributed by atoms with Gasteiger partial charge in [-0.3, -0.25) is 24.1 Å². The molecule has 4 rings (SSSR count). The number of carbonyl (C=O) groups excluding carboxylic acids is 4. The number of hydrogen-bond donors (Lipinski definition) is 1. The number of thioether (sulfide) groups is 1. The van der Waals surface area contributed by atoms with E-state index in [0.717, 1.165) is 35.1 Å². The van der Waals surface area contributed by atoms with Gasteiger partial charge in [0, 0.05) is 18.8 Å². The van der Waals surface area contributed by atoms with Gasteiger partial charge in [0.25, 0.3) is 17.1 Å². The lowest BCUT2D eigenvalue weighted by Gasteiger charge is -2.18. The summed E-state index contributed by atoms with van der Waals surface area (Å²) in [5, 5.41) is 2.30. The minimum Gasteiger partial charge on any atom is -0.493 e. The van der Waals surface area contributed by atoms with Crippen molar-refractivity contribution in [2.24, 2.45) is 0 Å². The quantitative estimate of drug-likeness (QED) is 0.541. The molecule has 2 heterocycles. The normalized spacial score (nSPS) is 16.6. The van der Waals surface area contributed by atoms with Crippen molar-refractivity contribution < 1.29 is 28.7 Å². The van der Waals surface area contributed by atoms with Crippen LogP contribution < -0.4 is 14.8 Å². The second kappa shape index (κ2) is 11.3. The van der Waals surface area contributed by atoms with Crippen LogP contribution in [-0.4, -0.2) is 66.1 Å². The fourth-order valence-corrected chi connectivity index (χ4v) is 4.70. The van der Waals surface area contributed by atoms with Crippen LogP contribution in [0.25, 0.3) is 6.08 Å². The maximum Gasteiger partial charge on any atom is 0.294 e. The smallest absolute Gasteiger partial charge is 0.294 e. The molecule has 0 saturated carbocycles. The molecule has 188 valence electrons. The van der Waals surface area contributed by atoms with Crippen LogP contribution >= 0.6 is 11.8 Å². The predicted octanol–water partition coefficient (Wildman–Crippen LogP) is 3.68. The fourth-order valence-electron chi connectivity index (χ4n) is 3.86. The molecule has 9 nitrogen and oxygen atoms in total. The number of likely N-dealkylation sites (tertiary alicyclic amines) is 1. The average Bonchev–Trinajstić information content (AvgIpc) is 3.49. The number of benzene rings is 2. The van der Waals surface area contributed by atoms with Gasteiger partial charge in [0.05, 0.1) is 12.0 Å². The zero-order valence-corrected chi connectivity index (χ0v) is 20.9. The molecule has 0 atom stereocenters. The van der Waals surface area contributed by atoms with Crippen molar-refractivity contribution in [2.45, 2.75) is 19.8 Å². The Morgan fingerprint density at radius 1 is 1.06 bits per heavy atom. The van der Waals surface area contributed by atoms with Crippen LogP contribution in [0.1, 0.15) is 24.0 Å². The molecule has 0 radical (unpaired) electrons. The van der Waals surface area contributed by atoms with Crippen LogP contribution in [0, 0.1) is 6.92 Å². The number of nitrogens with one attached hydrogen (secondary N) is 1. The Hall–Kier alpha value is -3.79. The van der Waals surface area contributed by atoms with Crippen molar-refractivity contribution >= 4 is 46.5 Å². The summed E-state index contributed by atoms with van der Waals surface area (Å²) < 4.78 is 11.0. The zero-order valence-electron chi connectivity index (χ0n) is 20.1. The summed E-state index contributed by atoms with van der Waals surface area (Å²) in [6.45, 7) is 2.82. The summed E-state index contributed by atoms with van der Waals surface area (Å²) in [7, 11) is 1.47. The first kappa shape index (κ1) is 25.3. The van der Waals surface area contributed by atoms with Crippen molar-refractivity contribution in [1.82, 2.24) is 9.80 Å². The number of anilines is 1. The van der Waals surface area contributed by atoms with Crippen molar-refractivity contribution in [2.75, 3.05) is 38.7 Å². The number of nitrogens with zero attached hydrogens (tertiary/aromatic N) is 2. The Morgan fingerprint density at radius 3 is 2.47 bits per heavy atom. The maximum absolute atomic E-state index is 12.8.